The average molecular weight is 472 g/mol. The van der Waals surface area contributed by atoms with Crippen LogP contribution >= 0.6 is 0 Å². The molecule has 1 aliphatic rings. The maximum Gasteiger partial charge on any atom is 0.253 e. The molecular weight excluding hydrogens is 448 g/mol. The van der Waals surface area contributed by atoms with E-state index in [1.807, 2.05) is 0 Å². The van der Waals surface area contributed by atoms with Gasteiger partial charge in [-0.15, -0.1) is 0 Å². The Hall–Kier alpha value is -3.26. The van der Waals surface area contributed by atoms with Crippen LogP contribution in [0.1, 0.15) is 29.6 Å². The Kier molecular flexibility index (Phi) is 6.47. The normalized spacial score (nSPS) is 14.2. The summed E-state index contributed by atoms with van der Waals surface area (Å²) in [5.74, 6) is -1.73. The van der Waals surface area contributed by atoms with E-state index in [-0.39, 0.29) is 22.3 Å². The fraction of sp³-hybridized carbons (Fsp3) is 0.240. The standard InChI is InChI=1S/C25H23F2NO4S/c1-33(30,31)20-9-5-17(6-10-20)21-11-7-18(25(29)28-13-3-2-4-14-28)15-24(21)32-23-12-8-19(26)16-22(23)27/h5-12,15-16H,2-4,13-14H2,1H3. The van der Waals surface area contributed by atoms with Crippen LogP contribution in [0.25, 0.3) is 11.1 Å². The second-order valence-corrected chi connectivity index (χ2v) is 10.1. The van der Waals surface area contributed by atoms with Crippen LogP contribution in [-0.2, 0) is 9.84 Å². The first-order chi connectivity index (χ1) is 15.7. The smallest absolute Gasteiger partial charge is 0.253 e. The number of rotatable bonds is 5. The lowest BCUT2D eigenvalue weighted by Crippen LogP contribution is -2.35. The highest BCUT2D eigenvalue weighted by Gasteiger charge is 2.21. The molecule has 5 nitrogen and oxygen atoms in total. The Balaban J connectivity index is 1.75. The Labute approximate surface area is 191 Å². The van der Waals surface area contributed by atoms with E-state index in [1.165, 1.54) is 18.2 Å². The molecule has 8 heteroatoms. The van der Waals surface area contributed by atoms with Gasteiger partial charge in [-0.05, 0) is 67.3 Å². The van der Waals surface area contributed by atoms with Gasteiger partial charge in [-0.2, -0.15) is 0 Å². The highest BCUT2D eigenvalue weighted by molar-refractivity contribution is 7.90. The van der Waals surface area contributed by atoms with Crippen molar-refractivity contribution in [1.82, 2.24) is 4.90 Å². The van der Waals surface area contributed by atoms with Gasteiger partial charge in [0.15, 0.2) is 21.4 Å². The molecule has 1 aliphatic heterocycles. The van der Waals surface area contributed by atoms with Gasteiger partial charge in [-0.3, -0.25) is 4.79 Å². The SMILES string of the molecule is CS(=O)(=O)c1ccc(-c2ccc(C(=O)N3CCCCC3)cc2Oc2ccc(F)cc2F)cc1. The predicted octanol–water partition coefficient (Wildman–Crippen LogP) is 5.45. The second-order valence-electron chi connectivity index (χ2n) is 8.04. The Morgan fingerprint density at radius 2 is 1.58 bits per heavy atom. The summed E-state index contributed by atoms with van der Waals surface area (Å²) in [5.41, 5.74) is 1.55. The van der Waals surface area contributed by atoms with E-state index in [2.05, 4.69) is 0 Å². The number of hydrogen-bond acceptors (Lipinski definition) is 4. The van der Waals surface area contributed by atoms with Crippen LogP contribution < -0.4 is 4.74 Å². The quantitative estimate of drug-likeness (QED) is 0.496. The number of amides is 1. The van der Waals surface area contributed by atoms with Crippen LogP contribution in [0.4, 0.5) is 8.78 Å². The van der Waals surface area contributed by atoms with Crippen LogP contribution in [0.5, 0.6) is 11.5 Å². The molecule has 0 aliphatic carbocycles. The number of carbonyl (C=O) groups is 1. The van der Waals surface area contributed by atoms with Crippen molar-refractivity contribution in [3.05, 3.63) is 77.9 Å². The molecule has 0 spiro atoms. The lowest BCUT2D eigenvalue weighted by Gasteiger charge is -2.27. The summed E-state index contributed by atoms with van der Waals surface area (Å²) in [6.07, 6.45) is 4.10. The minimum atomic E-state index is -3.37. The number of piperidine rings is 1. The van der Waals surface area contributed by atoms with Crippen molar-refractivity contribution in [2.75, 3.05) is 19.3 Å². The lowest BCUT2D eigenvalue weighted by atomic mass is 10.0. The van der Waals surface area contributed by atoms with Crippen molar-refractivity contribution in [3.8, 4) is 22.6 Å². The Morgan fingerprint density at radius 1 is 0.879 bits per heavy atom. The molecule has 33 heavy (non-hydrogen) atoms. The van der Waals surface area contributed by atoms with Crippen molar-refractivity contribution in [3.63, 3.8) is 0 Å². The first-order valence-corrected chi connectivity index (χ1v) is 12.5. The Bertz CT molecular complexity index is 1280. The number of hydrogen-bond donors (Lipinski definition) is 0. The minimum absolute atomic E-state index is 0.141. The summed E-state index contributed by atoms with van der Waals surface area (Å²) in [7, 11) is -3.37. The number of likely N-dealkylation sites (tertiary alicyclic amines) is 1. The largest absolute Gasteiger partial charge is 0.454 e. The summed E-state index contributed by atoms with van der Waals surface area (Å²) >= 11 is 0. The Morgan fingerprint density at radius 3 is 2.21 bits per heavy atom. The molecule has 0 bridgehead atoms. The van der Waals surface area contributed by atoms with E-state index in [0.717, 1.165) is 37.7 Å². The zero-order valence-electron chi connectivity index (χ0n) is 18.1. The number of sulfone groups is 1. The fourth-order valence-electron chi connectivity index (χ4n) is 3.82. The molecule has 0 saturated carbocycles. The van der Waals surface area contributed by atoms with E-state index in [4.69, 9.17) is 4.74 Å². The number of ether oxygens (including phenoxy) is 1. The van der Waals surface area contributed by atoms with E-state index in [0.29, 0.717) is 29.8 Å². The third kappa shape index (κ3) is 5.22. The minimum Gasteiger partial charge on any atom is -0.454 e. The van der Waals surface area contributed by atoms with Crippen molar-refractivity contribution < 1.29 is 26.7 Å². The van der Waals surface area contributed by atoms with Gasteiger partial charge in [0.2, 0.25) is 0 Å². The van der Waals surface area contributed by atoms with Crippen LogP contribution in [-0.4, -0.2) is 38.6 Å². The van der Waals surface area contributed by atoms with E-state index in [9.17, 15) is 22.0 Å². The van der Waals surface area contributed by atoms with Gasteiger partial charge in [0.05, 0.1) is 4.90 Å². The van der Waals surface area contributed by atoms with Gasteiger partial charge in [0.25, 0.3) is 5.91 Å². The maximum absolute atomic E-state index is 14.3. The molecule has 0 atom stereocenters. The molecule has 1 amide bonds. The van der Waals surface area contributed by atoms with Crippen molar-refractivity contribution >= 4 is 15.7 Å². The molecule has 0 N–H and O–H groups in total. The van der Waals surface area contributed by atoms with Crippen LogP contribution in [0.2, 0.25) is 0 Å². The maximum atomic E-state index is 14.3. The molecule has 4 rings (SSSR count). The van der Waals surface area contributed by atoms with Gasteiger partial charge in [-0.1, -0.05) is 12.1 Å². The van der Waals surface area contributed by atoms with Crippen LogP contribution in [0.3, 0.4) is 0 Å². The first-order valence-electron chi connectivity index (χ1n) is 10.6. The molecule has 1 saturated heterocycles. The molecule has 1 fully saturated rings. The number of benzene rings is 3. The number of carbonyl (C=O) groups excluding carboxylic acids is 1. The van der Waals surface area contributed by atoms with Crippen molar-refractivity contribution in [2.24, 2.45) is 0 Å². The van der Waals surface area contributed by atoms with Gasteiger partial charge >= 0.3 is 0 Å². The van der Waals surface area contributed by atoms with Crippen LogP contribution in [0.15, 0.2) is 65.6 Å². The number of halogens is 2. The molecule has 0 unspecified atom stereocenters. The van der Waals surface area contributed by atoms with E-state index in [1.54, 1.807) is 35.2 Å². The second kappa shape index (κ2) is 9.31. The molecule has 3 aromatic carbocycles. The molecule has 0 radical (unpaired) electrons. The number of nitrogens with zero attached hydrogens (tertiary/aromatic N) is 1. The molecule has 0 aromatic heterocycles. The predicted molar refractivity (Wildman–Crippen MR) is 121 cm³/mol. The molecule has 172 valence electrons. The fourth-order valence-corrected chi connectivity index (χ4v) is 4.45. The molecule has 1 heterocycles. The van der Waals surface area contributed by atoms with Gasteiger partial charge in [-0.25, -0.2) is 17.2 Å². The monoisotopic (exact) mass is 471 g/mol. The summed E-state index contributed by atoms with van der Waals surface area (Å²) in [4.78, 5) is 14.9. The zero-order chi connectivity index (χ0) is 23.6. The molecule has 3 aromatic rings. The third-order valence-electron chi connectivity index (χ3n) is 5.58. The van der Waals surface area contributed by atoms with E-state index < -0.39 is 21.5 Å². The molecular formula is C25H23F2NO4S. The van der Waals surface area contributed by atoms with Crippen molar-refractivity contribution in [2.45, 2.75) is 24.2 Å². The van der Waals surface area contributed by atoms with Crippen molar-refractivity contribution in [1.29, 1.82) is 0 Å². The highest BCUT2D eigenvalue weighted by atomic mass is 32.2. The van der Waals surface area contributed by atoms with Gasteiger partial charge in [0.1, 0.15) is 11.6 Å². The zero-order valence-corrected chi connectivity index (χ0v) is 18.9. The van der Waals surface area contributed by atoms with E-state index >= 15 is 0 Å². The third-order valence-corrected chi connectivity index (χ3v) is 6.71. The van der Waals surface area contributed by atoms with Gasteiger partial charge < -0.3 is 9.64 Å². The first kappa shape index (κ1) is 22.9. The average Bonchev–Trinajstić information content (AvgIpc) is 2.80. The van der Waals surface area contributed by atoms with Gasteiger partial charge in [0, 0.05) is 36.5 Å². The van der Waals surface area contributed by atoms with Crippen LogP contribution in [0, 0.1) is 11.6 Å². The topological polar surface area (TPSA) is 63.7 Å². The summed E-state index contributed by atoms with van der Waals surface area (Å²) in [5, 5.41) is 0. The summed E-state index contributed by atoms with van der Waals surface area (Å²) < 4.78 is 57.0. The summed E-state index contributed by atoms with van der Waals surface area (Å²) in [6.45, 7) is 1.35. The lowest BCUT2D eigenvalue weighted by molar-refractivity contribution is 0.0724. The summed E-state index contributed by atoms with van der Waals surface area (Å²) in [6, 6.07) is 14.1. The highest BCUT2D eigenvalue weighted by Crippen LogP contribution is 2.36.